The lowest BCUT2D eigenvalue weighted by atomic mass is 9.56. The molecular formula is C20H35. The molecule has 3 saturated carbocycles. The van der Waals surface area contributed by atoms with Crippen LogP contribution in [0.1, 0.15) is 80.1 Å². The molecule has 0 aromatic rings. The molecule has 0 nitrogen and oxygen atoms in total. The Labute approximate surface area is 127 Å². The molecule has 0 heteroatoms. The summed E-state index contributed by atoms with van der Waals surface area (Å²) in [5.41, 5.74) is 1.17. The largest absolute Gasteiger partial charge is 0.0625 e. The highest BCUT2D eigenvalue weighted by Crippen LogP contribution is 2.71. The number of rotatable bonds is 2. The topological polar surface area (TPSA) is 0 Å². The van der Waals surface area contributed by atoms with Crippen molar-refractivity contribution < 1.29 is 0 Å². The molecule has 5 unspecified atom stereocenters. The first-order valence-electron chi connectivity index (χ1n) is 9.13. The van der Waals surface area contributed by atoms with Crippen molar-refractivity contribution in [1.29, 1.82) is 0 Å². The summed E-state index contributed by atoms with van der Waals surface area (Å²) < 4.78 is 0. The van der Waals surface area contributed by atoms with E-state index in [9.17, 15) is 0 Å². The van der Waals surface area contributed by atoms with E-state index in [0.29, 0.717) is 10.8 Å². The smallest absolute Gasteiger partial charge is 0.0168 e. The summed E-state index contributed by atoms with van der Waals surface area (Å²) in [6.45, 7) is 15.2. The Balaban J connectivity index is 1.88. The van der Waals surface area contributed by atoms with Crippen molar-refractivity contribution in [3.8, 4) is 0 Å². The number of fused-ring (bicyclic) bond motifs is 2. The lowest BCUT2D eigenvalue weighted by molar-refractivity contribution is 0.0801. The molecule has 3 rings (SSSR count). The van der Waals surface area contributed by atoms with Crippen LogP contribution in [0.4, 0.5) is 0 Å². The summed E-state index contributed by atoms with van der Waals surface area (Å²) in [5.74, 6) is 6.63. The van der Waals surface area contributed by atoms with Gasteiger partial charge >= 0.3 is 0 Å². The van der Waals surface area contributed by atoms with Crippen molar-refractivity contribution in [2.45, 2.75) is 80.1 Å². The lowest BCUT2D eigenvalue weighted by Gasteiger charge is -2.48. The van der Waals surface area contributed by atoms with Crippen LogP contribution < -0.4 is 0 Å². The van der Waals surface area contributed by atoms with Crippen LogP contribution in [0.5, 0.6) is 0 Å². The van der Waals surface area contributed by atoms with Crippen molar-refractivity contribution in [3.63, 3.8) is 0 Å². The second kappa shape index (κ2) is 4.75. The summed E-state index contributed by atoms with van der Waals surface area (Å²) >= 11 is 0. The molecule has 0 spiro atoms. The summed E-state index contributed by atoms with van der Waals surface area (Å²) in [7, 11) is 0. The molecule has 1 radical (unpaired) electrons. The summed E-state index contributed by atoms with van der Waals surface area (Å²) in [5, 5.41) is 0. The zero-order valence-electron chi connectivity index (χ0n) is 14.6. The van der Waals surface area contributed by atoms with Gasteiger partial charge in [0.25, 0.3) is 0 Å². The molecule has 0 aromatic carbocycles. The third kappa shape index (κ3) is 1.92. The van der Waals surface area contributed by atoms with Gasteiger partial charge in [-0.1, -0.05) is 48.0 Å². The van der Waals surface area contributed by atoms with Gasteiger partial charge in [0.15, 0.2) is 0 Å². The minimum atomic E-state index is 0.576. The van der Waals surface area contributed by atoms with Crippen LogP contribution >= 0.6 is 0 Å². The summed E-state index contributed by atoms with van der Waals surface area (Å²) in [6, 6.07) is 0. The van der Waals surface area contributed by atoms with Crippen LogP contribution in [0, 0.1) is 46.3 Å². The van der Waals surface area contributed by atoms with Gasteiger partial charge in [0, 0.05) is 0 Å². The highest BCUT2D eigenvalue weighted by atomic mass is 14.7. The first kappa shape index (κ1) is 14.9. The van der Waals surface area contributed by atoms with E-state index in [1.54, 1.807) is 0 Å². The van der Waals surface area contributed by atoms with E-state index in [1.807, 2.05) is 5.92 Å². The Bertz CT molecular complexity index is 366. The molecular weight excluding hydrogens is 240 g/mol. The predicted octanol–water partition coefficient (Wildman–Crippen LogP) is 6.12. The fourth-order valence-electron chi connectivity index (χ4n) is 6.23. The molecule has 0 aromatic heterocycles. The quantitative estimate of drug-likeness (QED) is 0.570. The maximum atomic E-state index is 2.63. The second-order valence-corrected chi connectivity index (χ2v) is 9.48. The fourth-order valence-corrected chi connectivity index (χ4v) is 6.23. The van der Waals surface area contributed by atoms with Crippen LogP contribution in [-0.2, 0) is 0 Å². The first-order chi connectivity index (χ1) is 9.27. The predicted molar refractivity (Wildman–Crippen MR) is 87.3 cm³/mol. The Hall–Kier alpha value is 0. The highest BCUT2D eigenvalue weighted by Gasteiger charge is 2.63. The Morgan fingerprint density at radius 2 is 1.75 bits per heavy atom. The minimum Gasteiger partial charge on any atom is -0.0625 e. The van der Waals surface area contributed by atoms with Gasteiger partial charge in [-0.2, -0.15) is 0 Å². The Kier molecular flexibility index (Phi) is 3.54. The van der Waals surface area contributed by atoms with Gasteiger partial charge < -0.3 is 0 Å². The average Bonchev–Trinajstić information content (AvgIpc) is 2.70. The number of hydrogen-bond acceptors (Lipinski definition) is 0. The third-order valence-electron chi connectivity index (χ3n) is 8.08. The second-order valence-electron chi connectivity index (χ2n) is 9.48. The van der Waals surface area contributed by atoms with Crippen LogP contribution in [-0.4, -0.2) is 0 Å². The summed E-state index contributed by atoms with van der Waals surface area (Å²) in [4.78, 5) is 0. The van der Waals surface area contributed by atoms with Gasteiger partial charge in [0.05, 0.1) is 0 Å². The Morgan fingerprint density at radius 3 is 2.25 bits per heavy atom. The SMILES string of the molecule is CC1CCC(C(C)C)[C](C2CC3CCC2(C)C3(C)C)C1. The molecule has 5 atom stereocenters. The standard InChI is InChI=1S/C20H35/c1-13(2)16-8-7-14(3)11-17(16)18-12-15-9-10-20(18,6)19(15,4)5/h13-16,18H,7-12H2,1-6H3. The van der Waals surface area contributed by atoms with E-state index in [-0.39, 0.29) is 0 Å². The van der Waals surface area contributed by atoms with Gasteiger partial charge in [-0.3, -0.25) is 0 Å². The highest BCUT2D eigenvalue weighted by molar-refractivity contribution is 5.20. The van der Waals surface area contributed by atoms with E-state index in [1.165, 1.54) is 38.5 Å². The number of hydrogen-bond donors (Lipinski definition) is 0. The average molecular weight is 276 g/mol. The van der Waals surface area contributed by atoms with Crippen molar-refractivity contribution in [2.24, 2.45) is 40.4 Å². The van der Waals surface area contributed by atoms with Gasteiger partial charge in [0.1, 0.15) is 0 Å². The van der Waals surface area contributed by atoms with E-state index < -0.39 is 0 Å². The normalized spacial score (nSPS) is 48.1. The van der Waals surface area contributed by atoms with Crippen molar-refractivity contribution in [3.05, 3.63) is 5.92 Å². The van der Waals surface area contributed by atoms with Crippen LogP contribution in [0.15, 0.2) is 0 Å². The summed E-state index contributed by atoms with van der Waals surface area (Å²) in [6.07, 6.45) is 8.85. The molecule has 3 fully saturated rings. The van der Waals surface area contributed by atoms with Crippen molar-refractivity contribution >= 4 is 0 Å². The van der Waals surface area contributed by atoms with Gasteiger partial charge in [0.2, 0.25) is 0 Å². The maximum absolute atomic E-state index is 2.63. The lowest BCUT2D eigenvalue weighted by Crippen LogP contribution is -2.40. The Morgan fingerprint density at radius 1 is 1.05 bits per heavy atom. The van der Waals surface area contributed by atoms with Crippen LogP contribution in [0.25, 0.3) is 0 Å². The van der Waals surface area contributed by atoms with Crippen LogP contribution in [0.2, 0.25) is 0 Å². The van der Waals surface area contributed by atoms with E-state index >= 15 is 0 Å². The molecule has 0 heterocycles. The van der Waals surface area contributed by atoms with Gasteiger partial charge in [-0.15, -0.1) is 0 Å². The molecule has 2 bridgehead atoms. The van der Waals surface area contributed by atoms with Crippen molar-refractivity contribution in [2.75, 3.05) is 0 Å². The minimum absolute atomic E-state index is 0.576. The molecule has 0 N–H and O–H groups in total. The van der Waals surface area contributed by atoms with Crippen LogP contribution in [0.3, 0.4) is 0 Å². The maximum Gasteiger partial charge on any atom is -0.0168 e. The molecule has 115 valence electrons. The van der Waals surface area contributed by atoms with Crippen molar-refractivity contribution in [1.82, 2.24) is 0 Å². The monoisotopic (exact) mass is 275 g/mol. The zero-order valence-corrected chi connectivity index (χ0v) is 14.6. The third-order valence-corrected chi connectivity index (χ3v) is 8.08. The molecule has 0 amide bonds. The molecule has 3 aliphatic carbocycles. The first-order valence-corrected chi connectivity index (χ1v) is 9.13. The van der Waals surface area contributed by atoms with Gasteiger partial charge in [-0.05, 0) is 78.4 Å². The molecule has 0 saturated heterocycles. The van der Waals surface area contributed by atoms with Gasteiger partial charge in [-0.25, -0.2) is 0 Å². The fraction of sp³-hybridized carbons (Fsp3) is 0.950. The molecule has 3 aliphatic rings. The molecule has 20 heavy (non-hydrogen) atoms. The molecule has 0 aliphatic heterocycles. The van der Waals surface area contributed by atoms with E-state index in [2.05, 4.69) is 41.5 Å². The zero-order chi connectivity index (χ0) is 14.7. The van der Waals surface area contributed by atoms with E-state index in [4.69, 9.17) is 0 Å². The van der Waals surface area contributed by atoms with E-state index in [0.717, 1.165) is 29.6 Å².